The van der Waals surface area contributed by atoms with Crippen molar-refractivity contribution in [3.63, 3.8) is 0 Å². The van der Waals surface area contributed by atoms with Gasteiger partial charge in [0.2, 0.25) is 5.95 Å². The van der Waals surface area contributed by atoms with Gasteiger partial charge in [-0.2, -0.15) is 10.2 Å². The molecule has 0 saturated heterocycles. The van der Waals surface area contributed by atoms with Crippen molar-refractivity contribution >= 4 is 40.2 Å². The van der Waals surface area contributed by atoms with E-state index in [2.05, 4.69) is 20.6 Å². The number of aryl methyl sites for hydroxylation is 2. The van der Waals surface area contributed by atoms with Crippen LogP contribution in [0.4, 0.5) is 11.6 Å². The molecule has 246 valence electrons. The van der Waals surface area contributed by atoms with Gasteiger partial charge in [-0.3, -0.25) is 14.2 Å². The Kier molecular flexibility index (Phi) is 10.6. The number of halogens is 1. The molecule has 2 heterocycles. The van der Waals surface area contributed by atoms with E-state index in [1.54, 1.807) is 67.1 Å². The number of ether oxygens (including phenoxy) is 2. The van der Waals surface area contributed by atoms with Crippen LogP contribution in [0.3, 0.4) is 0 Å². The molecule has 4 rings (SSSR count). The number of allylic oxidation sites excluding steroid dienone is 1. The number of nitrogens with zero attached hydrogens (tertiary/aromatic N) is 4. The summed E-state index contributed by atoms with van der Waals surface area (Å²) in [6.07, 6.45) is 3.64. The number of nitriles is 1. The van der Waals surface area contributed by atoms with E-state index in [0.717, 1.165) is 5.56 Å². The fourth-order valence-corrected chi connectivity index (χ4v) is 5.09. The highest BCUT2D eigenvalue weighted by atomic mass is 35.5. The zero-order valence-electron chi connectivity index (χ0n) is 27.6. The minimum Gasteiger partial charge on any atom is -0.497 e. The number of anilines is 2. The van der Waals surface area contributed by atoms with Crippen LogP contribution in [-0.2, 0) is 17.8 Å². The predicted molar refractivity (Wildman–Crippen MR) is 184 cm³/mol. The van der Waals surface area contributed by atoms with Crippen LogP contribution in [0.2, 0.25) is 5.02 Å². The maximum atomic E-state index is 14.2. The summed E-state index contributed by atoms with van der Waals surface area (Å²) < 4.78 is 12.4. The summed E-state index contributed by atoms with van der Waals surface area (Å²) in [5.74, 6) is 0.571. The number of fused-ring (bicyclic) bond motifs is 1. The van der Waals surface area contributed by atoms with Gasteiger partial charge in [-0.05, 0) is 55.5 Å². The summed E-state index contributed by atoms with van der Waals surface area (Å²) in [6.45, 7) is 9.46. The fraction of sp³-hybridized carbons (Fsp3) is 0.343. The number of aliphatic hydroxyl groups is 1. The van der Waals surface area contributed by atoms with Crippen molar-refractivity contribution in [1.82, 2.24) is 14.5 Å². The standard InChI is InChI=1S/C35H39ClN6O5/c1-34(2,3)17-23(18-37)31(43)40-24-10-8-9-21(13-24)11-12-42-30-22(19-38-33(41-30)39-20-35(4,5)45)14-27(32(42)44)26-15-25(46-6)16-28(47-7)29(26)36/h8-10,13-17,19,45H,11-12,20H2,1-7H3,(H,40,43)(H,38,39,41). The first-order valence-electron chi connectivity index (χ1n) is 14.9. The van der Waals surface area contributed by atoms with Gasteiger partial charge in [-0.15, -0.1) is 0 Å². The molecule has 0 saturated carbocycles. The van der Waals surface area contributed by atoms with E-state index in [9.17, 15) is 20.0 Å². The largest absolute Gasteiger partial charge is 0.497 e. The predicted octanol–water partition coefficient (Wildman–Crippen LogP) is 5.99. The third kappa shape index (κ3) is 8.87. The van der Waals surface area contributed by atoms with Gasteiger partial charge in [0, 0.05) is 47.6 Å². The Morgan fingerprint density at radius 1 is 1.11 bits per heavy atom. The fourth-order valence-electron chi connectivity index (χ4n) is 4.80. The van der Waals surface area contributed by atoms with Crippen molar-refractivity contribution < 1.29 is 19.4 Å². The molecule has 11 nitrogen and oxygen atoms in total. The van der Waals surface area contributed by atoms with E-state index >= 15 is 0 Å². The SMILES string of the molecule is COc1cc(OC)c(Cl)c(-c2cc3cnc(NCC(C)(C)O)nc3n(CCc3cccc(NC(=O)C(C#N)=CC(C)(C)C)c3)c2=O)c1. The molecule has 0 aliphatic heterocycles. The van der Waals surface area contributed by atoms with Gasteiger partial charge in [0.25, 0.3) is 11.5 Å². The highest BCUT2D eigenvalue weighted by molar-refractivity contribution is 6.35. The number of carbonyl (C=O) groups is 1. The zero-order valence-corrected chi connectivity index (χ0v) is 28.3. The number of benzene rings is 2. The van der Waals surface area contributed by atoms with E-state index in [4.69, 9.17) is 21.1 Å². The molecular formula is C35H39ClN6O5. The number of nitrogens with one attached hydrogen (secondary N) is 2. The second-order valence-electron chi connectivity index (χ2n) is 12.8. The third-order valence-corrected chi connectivity index (χ3v) is 7.41. The highest BCUT2D eigenvalue weighted by Gasteiger charge is 2.20. The molecular weight excluding hydrogens is 620 g/mol. The Morgan fingerprint density at radius 2 is 1.85 bits per heavy atom. The lowest BCUT2D eigenvalue weighted by atomic mass is 9.93. The van der Waals surface area contributed by atoms with Crippen LogP contribution in [0.15, 0.2) is 65.1 Å². The lowest BCUT2D eigenvalue weighted by Gasteiger charge is -2.18. The third-order valence-electron chi connectivity index (χ3n) is 7.02. The summed E-state index contributed by atoms with van der Waals surface area (Å²) in [5, 5.41) is 26.4. The first-order valence-corrected chi connectivity index (χ1v) is 15.3. The van der Waals surface area contributed by atoms with Gasteiger partial charge in [0.1, 0.15) is 28.8 Å². The Hall–Kier alpha value is -4.92. The highest BCUT2D eigenvalue weighted by Crippen LogP contribution is 2.38. The van der Waals surface area contributed by atoms with Crippen LogP contribution in [0.25, 0.3) is 22.2 Å². The Labute approximate surface area is 278 Å². The van der Waals surface area contributed by atoms with Crippen LogP contribution < -0.4 is 25.7 Å². The number of hydrogen-bond donors (Lipinski definition) is 3. The monoisotopic (exact) mass is 658 g/mol. The van der Waals surface area contributed by atoms with E-state index in [1.807, 2.05) is 32.9 Å². The van der Waals surface area contributed by atoms with E-state index in [1.165, 1.54) is 14.2 Å². The summed E-state index contributed by atoms with van der Waals surface area (Å²) in [5.41, 5.74) is 0.782. The summed E-state index contributed by atoms with van der Waals surface area (Å²) in [4.78, 5) is 36.1. The first-order chi connectivity index (χ1) is 22.1. The quantitative estimate of drug-likeness (QED) is 0.130. The maximum Gasteiger partial charge on any atom is 0.265 e. The van der Waals surface area contributed by atoms with Crippen LogP contribution in [0, 0.1) is 16.7 Å². The number of hydrogen-bond acceptors (Lipinski definition) is 9. The van der Waals surface area contributed by atoms with Crippen LogP contribution >= 0.6 is 11.6 Å². The first kappa shape index (κ1) is 34.9. The van der Waals surface area contributed by atoms with Gasteiger partial charge in [0.15, 0.2) is 0 Å². The second-order valence-corrected chi connectivity index (χ2v) is 13.2. The van der Waals surface area contributed by atoms with Crippen molar-refractivity contribution in [3.05, 3.63) is 81.3 Å². The molecule has 0 unspecified atom stereocenters. The molecule has 12 heteroatoms. The molecule has 47 heavy (non-hydrogen) atoms. The van der Waals surface area contributed by atoms with Crippen molar-refractivity contribution in [2.75, 3.05) is 31.4 Å². The number of carbonyl (C=O) groups excluding carboxylic acids is 1. The van der Waals surface area contributed by atoms with Crippen molar-refractivity contribution in [3.8, 4) is 28.7 Å². The lowest BCUT2D eigenvalue weighted by molar-refractivity contribution is -0.112. The van der Waals surface area contributed by atoms with Crippen molar-refractivity contribution in [2.24, 2.45) is 5.41 Å². The van der Waals surface area contributed by atoms with Crippen molar-refractivity contribution in [1.29, 1.82) is 5.26 Å². The summed E-state index contributed by atoms with van der Waals surface area (Å²) in [6, 6.07) is 14.2. The minimum atomic E-state index is -1.01. The van der Waals surface area contributed by atoms with Gasteiger partial charge < -0.3 is 25.2 Å². The average molecular weight is 659 g/mol. The summed E-state index contributed by atoms with van der Waals surface area (Å²) in [7, 11) is 3.00. The Balaban J connectivity index is 1.76. The van der Waals surface area contributed by atoms with Crippen molar-refractivity contribution in [2.45, 2.75) is 53.2 Å². The number of rotatable bonds is 11. The second kappa shape index (κ2) is 14.2. The van der Waals surface area contributed by atoms with Gasteiger partial charge in [-0.25, -0.2) is 4.98 Å². The average Bonchev–Trinajstić information content (AvgIpc) is 3.01. The molecule has 0 aliphatic carbocycles. The van der Waals surface area contributed by atoms with Crippen LogP contribution in [0.5, 0.6) is 11.5 Å². The smallest absolute Gasteiger partial charge is 0.265 e. The number of amides is 1. The van der Waals surface area contributed by atoms with Crippen LogP contribution in [0.1, 0.15) is 40.2 Å². The summed E-state index contributed by atoms with van der Waals surface area (Å²) >= 11 is 6.70. The molecule has 0 bridgehead atoms. The van der Waals surface area contributed by atoms with E-state index in [-0.39, 0.29) is 40.6 Å². The number of methoxy groups -OCH3 is 2. The molecule has 0 spiro atoms. The molecule has 0 aliphatic rings. The van der Waals surface area contributed by atoms with Gasteiger partial charge in [0.05, 0.1) is 24.8 Å². The molecule has 4 aromatic rings. The molecule has 2 aromatic heterocycles. The van der Waals surface area contributed by atoms with Crippen LogP contribution in [-0.4, -0.2) is 51.9 Å². The molecule has 3 N–H and O–H groups in total. The number of pyridine rings is 1. The molecule has 2 aromatic carbocycles. The molecule has 0 fully saturated rings. The maximum absolute atomic E-state index is 14.2. The number of aromatic nitrogens is 3. The van der Waals surface area contributed by atoms with E-state index < -0.39 is 11.5 Å². The van der Waals surface area contributed by atoms with Gasteiger partial charge >= 0.3 is 0 Å². The molecule has 1 amide bonds. The molecule has 0 radical (unpaired) electrons. The molecule has 0 atom stereocenters. The lowest BCUT2D eigenvalue weighted by Crippen LogP contribution is -2.30. The minimum absolute atomic E-state index is 0.0271. The van der Waals surface area contributed by atoms with E-state index in [0.29, 0.717) is 45.8 Å². The normalized spacial score (nSPS) is 12.0. The Morgan fingerprint density at radius 3 is 2.49 bits per heavy atom. The van der Waals surface area contributed by atoms with Gasteiger partial charge in [-0.1, -0.05) is 50.6 Å². The topological polar surface area (TPSA) is 151 Å². The Bertz CT molecular complexity index is 1930. The zero-order chi connectivity index (χ0) is 34.5.